The molecule has 1 atom stereocenters. The molecular weight excluding hydrogens is 252 g/mol. The Kier molecular flexibility index (Phi) is 2.40. The lowest BCUT2D eigenvalue weighted by Gasteiger charge is -2.12. The summed E-state index contributed by atoms with van der Waals surface area (Å²) in [4.78, 5) is 9.17. The first-order valence-electron chi connectivity index (χ1n) is 6.81. The second-order valence-corrected chi connectivity index (χ2v) is 5.34. The van der Waals surface area contributed by atoms with Crippen LogP contribution >= 0.6 is 0 Å². The average Bonchev–Trinajstić information content (AvgIpc) is 3.08. The van der Waals surface area contributed by atoms with Crippen LogP contribution in [0.3, 0.4) is 0 Å². The predicted molar refractivity (Wildman–Crippen MR) is 75.0 cm³/mol. The van der Waals surface area contributed by atoms with E-state index in [1.165, 1.54) is 12.8 Å². The summed E-state index contributed by atoms with van der Waals surface area (Å²) in [5.41, 5.74) is 9.22. The van der Waals surface area contributed by atoms with Crippen molar-refractivity contribution in [3.8, 4) is 0 Å². The normalized spacial score (nSPS) is 16.7. The van der Waals surface area contributed by atoms with Gasteiger partial charge in [-0.1, -0.05) is 0 Å². The van der Waals surface area contributed by atoms with Crippen molar-refractivity contribution < 1.29 is 0 Å². The Bertz CT molecular complexity index is 767. The van der Waals surface area contributed by atoms with E-state index >= 15 is 0 Å². The van der Waals surface area contributed by atoms with Crippen molar-refractivity contribution in [1.82, 2.24) is 24.3 Å². The van der Waals surface area contributed by atoms with Crippen LogP contribution < -0.4 is 5.73 Å². The first-order valence-corrected chi connectivity index (χ1v) is 6.81. The van der Waals surface area contributed by atoms with Gasteiger partial charge in [0.05, 0.1) is 12.2 Å². The van der Waals surface area contributed by atoms with Crippen LogP contribution in [-0.4, -0.2) is 24.3 Å². The van der Waals surface area contributed by atoms with Crippen LogP contribution in [0.1, 0.15) is 36.3 Å². The van der Waals surface area contributed by atoms with E-state index in [1.807, 2.05) is 31.6 Å². The molecule has 1 aliphatic rings. The van der Waals surface area contributed by atoms with Gasteiger partial charge >= 0.3 is 0 Å². The molecule has 1 unspecified atom stereocenters. The minimum absolute atomic E-state index is 0.265. The molecule has 1 fully saturated rings. The highest BCUT2D eigenvalue weighted by atomic mass is 15.2. The van der Waals surface area contributed by atoms with Gasteiger partial charge in [0.25, 0.3) is 0 Å². The zero-order valence-corrected chi connectivity index (χ0v) is 11.3. The van der Waals surface area contributed by atoms with E-state index in [0.717, 1.165) is 22.6 Å². The minimum atomic E-state index is -0.265. The van der Waals surface area contributed by atoms with Crippen molar-refractivity contribution in [3.63, 3.8) is 0 Å². The summed E-state index contributed by atoms with van der Waals surface area (Å²) in [7, 11) is 1.89. The van der Waals surface area contributed by atoms with Gasteiger partial charge in [-0.25, -0.2) is 9.97 Å². The molecule has 0 spiro atoms. The smallest absolute Gasteiger partial charge is 0.160 e. The molecular formula is C14H16N6. The van der Waals surface area contributed by atoms with Gasteiger partial charge in [0.2, 0.25) is 0 Å². The van der Waals surface area contributed by atoms with Crippen LogP contribution in [0.5, 0.6) is 0 Å². The molecule has 1 aliphatic carbocycles. The predicted octanol–water partition coefficient (Wildman–Crippen LogP) is 1.55. The summed E-state index contributed by atoms with van der Waals surface area (Å²) in [5, 5.41) is 4.19. The maximum atomic E-state index is 6.40. The van der Waals surface area contributed by atoms with E-state index in [2.05, 4.69) is 14.6 Å². The summed E-state index contributed by atoms with van der Waals surface area (Å²) in [6.45, 7) is 0. The van der Waals surface area contributed by atoms with Crippen LogP contribution in [0.4, 0.5) is 0 Å². The van der Waals surface area contributed by atoms with Crippen molar-refractivity contribution in [1.29, 1.82) is 0 Å². The van der Waals surface area contributed by atoms with E-state index in [9.17, 15) is 0 Å². The molecule has 6 heteroatoms. The molecule has 0 amide bonds. The summed E-state index contributed by atoms with van der Waals surface area (Å²) in [6, 6.07) is 4.12. The average molecular weight is 268 g/mol. The van der Waals surface area contributed by atoms with E-state index in [-0.39, 0.29) is 6.04 Å². The van der Waals surface area contributed by atoms with Crippen molar-refractivity contribution in [2.24, 2.45) is 12.8 Å². The third-order valence-electron chi connectivity index (χ3n) is 3.75. The number of aromatic nitrogens is 5. The molecule has 102 valence electrons. The van der Waals surface area contributed by atoms with E-state index in [1.54, 1.807) is 10.9 Å². The molecule has 3 aromatic heterocycles. The standard InChI is InChI=1S/C14H16N6/c1-19-8-9(7-17-19)12(15)14-18-11-3-2-6-16-13(11)20(14)10-4-5-10/h2-3,6-8,10,12H,4-5,15H2,1H3. The summed E-state index contributed by atoms with van der Waals surface area (Å²) in [6.07, 6.45) is 7.90. The molecule has 6 nitrogen and oxygen atoms in total. The van der Waals surface area contributed by atoms with Crippen molar-refractivity contribution in [3.05, 3.63) is 42.1 Å². The highest BCUT2D eigenvalue weighted by Crippen LogP contribution is 2.39. The lowest BCUT2D eigenvalue weighted by atomic mass is 10.1. The monoisotopic (exact) mass is 268 g/mol. The molecule has 0 saturated heterocycles. The fourth-order valence-electron chi connectivity index (χ4n) is 2.61. The van der Waals surface area contributed by atoms with Gasteiger partial charge in [-0.3, -0.25) is 4.68 Å². The number of nitrogens with zero attached hydrogens (tertiary/aromatic N) is 5. The van der Waals surface area contributed by atoms with Crippen molar-refractivity contribution in [2.75, 3.05) is 0 Å². The topological polar surface area (TPSA) is 74.6 Å². The highest BCUT2D eigenvalue weighted by Gasteiger charge is 2.31. The zero-order chi connectivity index (χ0) is 13.7. The Hall–Kier alpha value is -2.21. The van der Waals surface area contributed by atoms with Crippen LogP contribution in [0.2, 0.25) is 0 Å². The molecule has 2 N–H and O–H groups in total. The first-order chi connectivity index (χ1) is 9.74. The van der Waals surface area contributed by atoms with Gasteiger partial charge in [0.15, 0.2) is 5.65 Å². The molecule has 4 rings (SSSR count). The van der Waals surface area contributed by atoms with Crippen LogP contribution in [-0.2, 0) is 7.05 Å². The quantitative estimate of drug-likeness (QED) is 0.782. The number of hydrogen-bond donors (Lipinski definition) is 1. The second kappa shape index (κ2) is 4.14. The van der Waals surface area contributed by atoms with E-state index in [4.69, 9.17) is 10.7 Å². The van der Waals surface area contributed by atoms with E-state index < -0.39 is 0 Å². The fourth-order valence-corrected chi connectivity index (χ4v) is 2.61. The first kappa shape index (κ1) is 11.6. The zero-order valence-electron chi connectivity index (χ0n) is 11.3. The number of imidazole rings is 1. The summed E-state index contributed by atoms with van der Waals surface area (Å²) >= 11 is 0. The number of nitrogens with two attached hydrogens (primary N) is 1. The molecule has 0 aromatic carbocycles. The molecule has 0 radical (unpaired) electrons. The van der Waals surface area contributed by atoms with Crippen LogP contribution in [0.15, 0.2) is 30.7 Å². The lowest BCUT2D eigenvalue weighted by molar-refractivity contribution is 0.654. The Morgan fingerprint density at radius 2 is 2.25 bits per heavy atom. The number of pyridine rings is 1. The summed E-state index contributed by atoms with van der Waals surface area (Å²) in [5.74, 6) is 0.884. The molecule has 1 saturated carbocycles. The number of aryl methyl sites for hydroxylation is 1. The van der Waals surface area contributed by atoms with Crippen molar-refractivity contribution >= 4 is 11.2 Å². The lowest BCUT2D eigenvalue weighted by Crippen LogP contribution is -2.17. The maximum absolute atomic E-state index is 6.40. The van der Waals surface area contributed by atoms with Gasteiger partial charge < -0.3 is 10.3 Å². The number of rotatable bonds is 3. The molecule has 3 heterocycles. The Labute approximate surface area is 116 Å². The van der Waals surface area contributed by atoms with E-state index in [0.29, 0.717) is 6.04 Å². The van der Waals surface area contributed by atoms with Crippen LogP contribution in [0, 0.1) is 0 Å². The highest BCUT2D eigenvalue weighted by molar-refractivity contribution is 5.71. The molecule has 3 aromatic rings. The molecule has 0 bridgehead atoms. The molecule has 20 heavy (non-hydrogen) atoms. The second-order valence-electron chi connectivity index (χ2n) is 5.34. The SMILES string of the molecule is Cn1cc(C(N)c2nc3cccnc3n2C2CC2)cn1. The van der Waals surface area contributed by atoms with Gasteiger partial charge in [-0.2, -0.15) is 5.10 Å². The van der Waals surface area contributed by atoms with Gasteiger partial charge in [-0.05, 0) is 25.0 Å². The molecule has 0 aliphatic heterocycles. The van der Waals surface area contributed by atoms with Crippen LogP contribution in [0.25, 0.3) is 11.2 Å². The fraction of sp³-hybridized carbons (Fsp3) is 0.357. The largest absolute Gasteiger partial charge is 0.318 e. The van der Waals surface area contributed by atoms with Crippen molar-refractivity contribution in [2.45, 2.75) is 24.9 Å². The Balaban J connectivity index is 1.88. The number of fused-ring (bicyclic) bond motifs is 1. The Morgan fingerprint density at radius 1 is 1.40 bits per heavy atom. The third-order valence-corrected chi connectivity index (χ3v) is 3.75. The summed E-state index contributed by atoms with van der Waals surface area (Å²) < 4.78 is 3.96. The number of hydrogen-bond acceptors (Lipinski definition) is 4. The van der Waals surface area contributed by atoms with Gasteiger partial charge in [0.1, 0.15) is 11.3 Å². The Morgan fingerprint density at radius 3 is 2.95 bits per heavy atom. The minimum Gasteiger partial charge on any atom is -0.318 e. The maximum Gasteiger partial charge on any atom is 0.160 e. The third kappa shape index (κ3) is 1.72. The van der Waals surface area contributed by atoms with Gasteiger partial charge in [-0.15, -0.1) is 0 Å². The van der Waals surface area contributed by atoms with Gasteiger partial charge in [0, 0.05) is 31.0 Å².